The van der Waals surface area contributed by atoms with E-state index in [0.29, 0.717) is 0 Å². The van der Waals surface area contributed by atoms with Crippen molar-refractivity contribution in [2.75, 3.05) is 12.3 Å². The molecule has 0 bridgehead atoms. The highest BCUT2D eigenvalue weighted by Gasteiger charge is 1.96. The lowest BCUT2D eigenvalue weighted by Gasteiger charge is -2.01. The summed E-state index contributed by atoms with van der Waals surface area (Å²) in [6, 6.07) is 5.90. The predicted molar refractivity (Wildman–Crippen MR) is 65.3 cm³/mol. The molecule has 0 spiro atoms. The quantitative estimate of drug-likeness (QED) is 0.751. The van der Waals surface area contributed by atoms with Gasteiger partial charge in [0, 0.05) is 24.4 Å². The summed E-state index contributed by atoms with van der Waals surface area (Å²) in [6.45, 7) is 1.87. The number of furan rings is 2. The molecule has 4 heteroatoms. The highest BCUT2D eigenvalue weighted by molar-refractivity contribution is 7.98. The molecule has 0 aliphatic rings. The van der Waals surface area contributed by atoms with Gasteiger partial charge in [-0.05, 0) is 18.2 Å². The average Bonchev–Trinajstić information content (AvgIpc) is 2.96. The molecule has 0 saturated carbocycles. The first kappa shape index (κ1) is 11.4. The third-order valence-corrected chi connectivity index (χ3v) is 3.14. The van der Waals surface area contributed by atoms with E-state index in [1.807, 2.05) is 30.0 Å². The second-order valence-electron chi connectivity index (χ2n) is 3.44. The Bertz CT molecular complexity index is 331. The van der Waals surface area contributed by atoms with Crippen molar-refractivity contribution in [2.24, 2.45) is 0 Å². The predicted octanol–water partition coefficient (Wildman–Crippen LogP) is 2.90. The third kappa shape index (κ3) is 3.79. The molecule has 0 aromatic carbocycles. The number of hydrogen-bond donors (Lipinski definition) is 1. The summed E-state index contributed by atoms with van der Waals surface area (Å²) >= 11 is 1.87. The molecule has 0 atom stereocenters. The first-order valence-electron chi connectivity index (χ1n) is 5.27. The Balaban J connectivity index is 1.49. The maximum Gasteiger partial charge on any atom is 0.113 e. The fourth-order valence-electron chi connectivity index (χ4n) is 1.34. The van der Waals surface area contributed by atoms with Crippen molar-refractivity contribution in [3.05, 3.63) is 48.3 Å². The van der Waals surface area contributed by atoms with Gasteiger partial charge in [0.25, 0.3) is 0 Å². The summed E-state index contributed by atoms with van der Waals surface area (Å²) in [5.74, 6) is 3.07. The van der Waals surface area contributed by atoms with Crippen LogP contribution in [0.3, 0.4) is 0 Å². The Kier molecular flexibility index (Phi) is 4.58. The van der Waals surface area contributed by atoms with Gasteiger partial charge in [0.1, 0.15) is 5.76 Å². The lowest BCUT2D eigenvalue weighted by Crippen LogP contribution is -2.16. The van der Waals surface area contributed by atoms with E-state index in [0.717, 1.165) is 30.4 Å². The van der Waals surface area contributed by atoms with E-state index in [1.165, 1.54) is 5.56 Å². The van der Waals surface area contributed by atoms with Gasteiger partial charge in [-0.25, -0.2) is 0 Å². The molecule has 0 unspecified atom stereocenters. The van der Waals surface area contributed by atoms with Crippen molar-refractivity contribution >= 4 is 11.8 Å². The maximum atomic E-state index is 5.25. The molecule has 0 aliphatic heterocycles. The van der Waals surface area contributed by atoms with Crippen LogP contribution in [0.25, 0.3) is 0 Å². The maximum absolute atomic E-state index is 5.25. The molecule has 16 heavy (non-hydrogen) atoms. The summed E-state index contributed by atoms with van der Waals surface area (Å²) in [5, 5.41) is 3.36. The van der Waals surface area contributed by atoms with Crippen LogP contribution in [0.1, 0.15) is 11.3 Å². The fraction of sp³-hybridized carbons (Fsp3) is 0.333. The molecule has 0 aliphatic carbocycles. The zero-order valence-electron chi connectivity index (χ0n) is 9.02. The number of nitrogens with one attached hydrogen (secondary N) is 1. The van der Waals surface area contributed by atoms with Crippen LogP contribution in [0.2, 0.25) is 0 Å². The van der Waals surface area contributed by atoms with Crippen LogP contribution >= 0.6 is 11.8 Å². The lowest BCUT2D eigenvalue weighted by atomic mass is 10.3. The summed E-state index contributed by atoms with van der Waals surface area (Å²) in [4.78, 5) is 0. The van der Waals surface area contributed by atoms with Gasteiger partial charge in [0.05, 0.1) is 24.5 Å². The molecule has 0 amide bonds. The molecule has 2 aromatic rings. The Labute approximate surface area is 99.2 Å². The zero-order chi connectivity index (χ0) is 11.1. The van der Waals surface area contributed by atoms with Crippen molar-refractivity contribution in [2.45, 2.75) is 12.3 Å². The summed E-state index contributed by atoms with van der Waals surface area (Å²) in [7, 11) is 0. The second-order valence-corrected chi connectivity index (χ2v) is 4.55. The van der Waals surface area contributed by atoms with Crippen molar-refractivity contribution in [3.63, 3.8) is 0 Å². The Morgan fingerprint density at radius 3 is 3.00 bits per heavy atom. The normalized spacial score (nSPS) is 10.8. The smallest absolute Gasteiger partial charge is 0.113 e. The highest BCUT2D eigenvalue weighted by Crippen LogP contribution is 2.11. The van der Waals surface area contributed by atoms with Crippen LogP contribution in [-0.2, 0) is 12.3 Å². The van der Waals surface area contributed by atoms with E-state index < -0.39 is 0 Å². The van der Waals surface area contributed by atoms with E-state index in [2.05, 4.69) is 5.32 Å². The van der Waals surface area contributed by atoms with Crippen LogP contribution < -0.4 is 5.32 Å². The summed E-state index contributed by atoms with van der Waals surface area (Å²) in [5.41, 5.74) is 1.19. The summed E-state index contributed by atoms with van der Waals surface area (Å²) in [6.07, 6.45) is 5.18. The monoisotopic (exact) mass is 237 g/mol. The van der Waals surface area contributed by atoms with E-state index in [-0.39, 0.29) is 0 Å². The van der Waals surface area contributed by atoms with Crippen LogP contribution in [0.15, 0.2) is 45.8 Å². The van der Waals surface area contributed by atoms with Gasteiger partial charge in [-0.3, -0.25) is 0 Å². The molecule has 3 nitrogen and oxygen atoms in total. The topological polar surface area (TPSA) is 38.3 Å². The SMILES string of the molecule is c1coc(CSCCNCc2ccoc2)c1. The fourth-order valence-corrected chi connectivity index (χ4v) is 2.14. The van der Waals surface area contributed by atoms with Gasteiger partial charge < -0.3 is 14.2 Å². The first-order chi connectivity index (χ1) is 7.95. The molecule has 0 radical (unpaired) electrons. The standard InChI is InChI=1S/C12H15NO2S/c1-2-12(15-5-1)10-16-7-4-13-8-11-3-6-14-9-11/h1-3,5-6,9,13H,4,7-8,10H2. The molecule has 0 saturated heterocycles. The molecule has 2 heterocycles. The molecule has 0 fully saturated rings. The Morgan fingerprint density at radius 1 is 1.25 bits per heavy atom. The first-order valence-corrected chi connectivity index (χ1v) is 6.42. The number of rotatable bonds is 7. The van der Waals surface area contributed by atoms with Crippen LogP contribution in [0.5, 0.6) is 0 Å². The van der Waals surface area contributed by atoms with E-state index in [9.17, 15) is 0 Å². The lowest BCUT2D eigenvalue weighted by molar-refractivity contribution is 0.530. The van der Waals surface area contributed by atoms with Gasteiger partial charge >= 0.3 is 0 Å². The Morgan fingerprint density at radius 2 is 2.25 bits per heavy atom. The van der Waals surface area contributed by atoms with Crippen molar-refractivity contribution in [1.82, 2.24) is 5.32 Å². The zero-order valence-corrected chi connectivity index (χ0v) is 9.83. The van der Waals surface area contributed by atoms with Crippen LogP contribution in [0.4, 0.5) is 0 Å². The van der Waals surface area contributed by atoms with E-state index >= 15 is 0 Å². The van der Waals surface area contributed by atoms with Crippen molar-refractivity contribution < 1.29 is 8.83 Å². The molecular weight excluding hydrogens is 222 g/mol. The molecular formula is C12H15NO2S. The minimum absolute atomic E-state index is 0.873. The van der Waals surface area contributed by atoms with Gasteiger partial charge in [0.15, 0.2) is 0 Å². The second kappa shape index (κ2) is 6.45. The Hall–Kier alpha value is -1.13. The van der Waals surface area contributed by atoms with Crippen LogP contribution in [-0.4, -0.2) is 12.3 Å². The molecule has 2 rings (SSSR count). The van der Waals surface area contributed by atoms with Crippen molar-refractivity contribution in [1.29, 1.82) is 0 Å². The molecule has 1 N–H and O–H groups in total. The van der Waals surface area contributed by atoms with Crippen LogP contribution in [0, 0.1) is 0 Å². The van der Waals surface area contributed by atoms with Gasteiger partial charge in [-0.2, -0.15) is 11.8 Å². The largest absolute Gasteiger partial charge is 0.472 e. The molecule has 2 aromatic heterocycles. The van der Waals surface area contributed by atoms with Gasteiger partial charge in [0.2, 0.25) is 0 Å². The van der Waals surface area contributed by atoms with Gasteiger partial charge in [-0.15, -0.1) is 0 Å². The summed E-state index contributed by atoms with van der Waals surface area (Å²) < 4.78 is 10.2. The van der Waals surface area contributed by atoms with E-state index in [1.54, 1.807) is 18.8 Å². The molecule has 86 valence electrons. The van der Waals surface area contributed by atoms with E-state index in [4.69, 9.17) is 8.83 Å². The minimum Gasteiger partial charge on any atom is -0.472 e. The number of hydrogen-bond acceptors (Lipinski definition) is 4. The van der Waals surface area contributed by atoms with Crippen molar-refractivity contribution in [3.8, 4) is 0 Å². The van der Waals surface area contributed by atoms with Gasteiger partial charge in [-0.1, -0.05) is 0 Å². The highest BCUT2D eigenvalue weighted by atomic mass is 32.2. The number of thioether (sulfide) groups is 1. The third-order valence-electron chi connectivity index (χ3n) is 2.16. The average molecular weight is 237 g/mol. The minimum atomic E-state index is 0.873.